The van der Waals surface area contributed by atoms with Crippen molar-refractivity contribution in [1.29, 1.82) is 0 Å². The van der Waals surface area contributed by atoms with Gasteiger partial charge in [0.2, 0.25) is 5.91 Å². The zero-order valence-corrected chi connectivity index (χ0v) is 19.5. The normalized spacial score (nSPS) is 12.8. The number of aliphatic carboxylic acids is 1. The van der Waals surface area contributed by atoms with Gasteiger partial charge in [-0.1, -0.05) is 67.6 Å². The summed E-state index contributed by atoms with van der Waals surface area (Å²) >= 11 is 0. The van der Waals surface area contributed by atoms with Crippen molar-refractivity contribution in [2.45, 2.75) is 25.7 Å². The first-order valence-corrected chi connectivity index (χ1v) is 11.6. The summed E-state index contributed by atoms with van der Waals surface area (Å²) in [5.41, 5.74) is 6.11. The minimum atomic E-state index is -0.847. The molecule has 0 fully saturated rings. The molecule has 0 spiro atoms. The van der Waals surface area contributed by atoms with E-state index in [-0.39, 0.29) is 31.4 Å². The number of rotatable bonds is 9. The molecule has 2 amide bonds. The van der Waals surface area contributed by atoms with Crippen molar-refractivity contribution in [3.05, 3.63) is 89.5 Å². The summed E-state index contributed by atoms with van der Waals surface area (Å²) in [6.45, 7) is 2.08. The SMILES string of the molecule is CC(CNC(=O)OCC1c2ccccc2-c2ccccc21)C(=O)Nc1ccc(CCC(=O)O)cc1. The van der Waals surface area contributed by atoms with Crippen LogP contribution >= 0.6 is 0 Å². The fourth-order valence-electron chi connectivity index (χ4n) is 4.25. The Morgan fingerprint density at radius 3 is 2.11 bits per heavy atom. The predicted molar refractivity (Wildman–Crippen MR) is 133 cm³/mol. The van der Waals surface area contributed by atoms with E-state index in [4.69, 9.17) is 9.84 Å². The molecule has 0 saturated carbocycles. The second-order valence-corrected chi connectivity index (χ2v) is 8.69. The number of benzene rings is 3. The number of anilines is 1. The van der Waals surface area contributed by atoms with Gasteiger partial charge in [-0.15, -0.1) is 0 Å². The van der Waals surface area contributed by atoms with Crippen LogP contribution in [0.3, 0.4) is 0 Å². The van der Waals surface area contributed by atoms with Gasteiger partial charge in [0.25, 0.3) is 0 Å². The lowest BCUT2D eigenvalue weighted by Crippen LogP contribution is -2.35. The van der Waals surface area contributed by atoms with Gasteiger partial charge in [0, 0.05) is 24.6 Å². The van der Waals surface area contributed by atoms with E-state index in [1.165, 1.54) is 0 Å². The molecule has 3 N–H and O–H groups in total. The Balaban J connectivity index is 1.24. The highest BCUT2D eigenvalue weighted by molar-refractivity contribution is 5.92. The number of fused-ring (bicyclic) bond motifs is 3. The molecule has 0 bridgehead atoms. The smallest absolute Gasteiger partial charge is 0.407 e. The molecule has 180 valence electrons. The highest BCUT2D eigenvalue weighted by atomic mass is 16.5. The van der Waals surface area contributed by atoms with Crippen LogP contribution in [0.5, 0.6) is 0 Å². The maximum absolute atomic E-state index is 12.5. The number of carboxylic acid groups (broad SMARTS) is 1. The monoisotopic (exact) mass is 472 g/mol. The highest BCUT2D eigenvalue weighted by Gasteiger charge is 2.29. The summed E-state index contributed by atoms with van der Waals surface area (Å²) in [4.78, 5) is 35.5. The van der Waals surface area contributed by atoms with Gasteiger partial charge in [-0.3, -0.25) is 9.59 Å². The van der Waals surface area contributed by atoms with Gasteiger partial charge in [0.1, 0.15) is 6.61 Å². The molecular formula is C28H28N2O5. The zero-order valence-electron chi connectivity index (χ0n) is 19.5. The van der Waals surface area contributed by atoms with Crippen molar-refractivity contribution < 1.29 is 24.2 Å². The molecule has 1 unspecified atom stereocenters. The molecule has 3 aromatic rings. The topological polar surface area (TPSA) is 105 Å². The fraction of sp³-hybridized carbons (Fsp3) is 0.250. The van der Waals surface area contributed by atoms with E-state index in [9.17, 15) is 14.4 Å². The Morgan fingerprint density at radius 1 is 0.914 bits per heavy atom. The lowest BCUT2D eigenvalue weighted by molar-refractivity contribution is -0.137. The molecule has 0 saturated heterocycles. The van der Waals surface area contributed by atoms with Crippen LogP contribution in [0.2, 0.25) is 0 Å². The summed E-state index contributed by atoms with van der Waals surface area (Å²) in [7, 11) is 0. The van der Waals surface area contributed by atoms with Crippen LogP contribution in [-0.2, 0) is 20.7 Å². The van der Waals surface area contributed by atoms with E-state index >= 15 is 0 Å². The van der Waals surface area contributed by atoms with Crippen molar-refractivity contribution in [3.63, 3.8) is 0 Å². The Hall–Kier alpha value is -4.13. The van der Waals surface area contributed by atoms with Crippen molar-refractivity contribution in [1.82, 2.24) is 5.32 Å². The van der Waals surface area contributed by atoms with Crippen LogP contribution in [0, 0.1) is 5.92 Å². The van der Waals surface area contributed by atoms with E-state index in [0.29, 0.717) is 12.1 Å². The van der Waals surface area contributed by atoms with Gasteiger partial charge in [0.15, 0.2) is 0 Å². The van der Waals surface area contributed by atoms with Crippen LogP contribution in [-0.4, -0.2) is 36.2 Å². The third-order valence-corrected chi connectivity index (χ3v) is 6.19. The maximum atomic E-state index is 12.5. The van der Waals surface area contributed by atoms with Gasteiger partial charge in [-0.05, 0) is 46.4 Å². The molecule has 1 aliphatic carbocycles. The van der Waals surface area contributed by atoms with Gasteiger partial charge in [0.05, 0.1) is 5.92 Å². The molecule has 1 atom stereocenters. The molecule has 3 aromatic carbocycles. The number of hydrogen-bond acceptors (Lipinski definition) is 4. The summed E-state index contributed by atoms with van der Waals surface area (Å²) in [6.07, 6.45) is -0.0665. The number of alkyl carbamates (subject to hydrolysis) is 1. The minimum absolute atomic E-state index is 0.0210. The number of carbonyl (C=O) groups excluding carboxylic acids is 2. The van der Waals surface area contributed by atoms with Gasteiger partial charge in [-0.2, -0.15) is 0 Å². The molecule has 0 aliphatic heterocycles. The number of amides is 2. The van der Waals surface area contributed by atoms with Crippen LogP contribution in [0.15, 0.2) is 72.8 Å². The molecule has 0 heterocycles. The van der Waals surface area contributed by atoms with Crippen molar-refractivity contribution in [3.8, 4) is 11.1 Å². The van der Waals surface area contributed by atoms with Gasteiger partial charge < -0.3 is 20.5 Å². The molecule has 4 rings (SSSR count). The van der Waals surface area contributed by atoms with Gasteiger partial charge in [-0.25, -0.2) is 4.79 Å². The lowest BCUT2D eigenvalue weighted by Gasteiger charge is -2.16. The van der Waals surface area contributed by atoms with E-state index in [1.807, 2.05) is 24.3 Å². The Morgan fingerprint density at radius 2 is 1.51 bits per heavy atom. The number of aryl methyl sites for hydroxylation is 1. The third kappa shape index (κ3) is 5.87. The average molecular weight is 473 g/mol. The molecule has 0 aromatic heterocycles. The number of carboxylic acids is 1. The molecule has 7 heteroatoms. The maximum Gasteiger partial charge on any atom is 0.407 e. The van der Waals surface area contributed by atoms with Crippen LogP contribution in [0.1, 0.15) is 36.0 Å². The second kappa shape index (κ2) is 10.9. The number of ether oxygens (including phenoxy) is 1. The first kappa shape index (κ1) is 24.0. The first-order valence-electron chi connectivity index (χ1n) is 11.6. The van der Waals surface area contributed by atoms with Crippen molar-refractivity contribution in [2.24, 2.45) is 5.92 Å². The molecule has 1 aliphatic rings. The number of carbonyl (C=O) groups is 3. The average Bonchev–Trinajstić information content (AvgIpc) is 3.19. The quantitative estimate of drug-likeness (QED) is 0.414. The first-order chi connectivity index (χ1) is 16.9. The summed E-state index contributed by atoms with van der Waals surface area (Å²) in [5.74, 6) is -1.57. The second-order valence-electron chi connectivity index (χ2n) is 8.69. The van der Waals surface area contributed by atoms with Gasteiger partial charge >= 0.3 is 12.1 Å². The van der Waals surface area contributed by atoms with Crippen molar-refractivity contribution in [2.75, 3.05) is 18.5 Å². The van der Waals surface area contributed by atoms with E-state index in [2.05, 4.69) is 34.9 Å². The fourth-order valence-corrected chi connectivity index (χ4v) is 4.25. The summed E-state index contributed by atoms with van der Waals surface area (Å²) in [6, 6.07) is 23.3. The Labute approximate surface area is 204 Å². The van der Waals surface area contributed by atoms with Crippen LogP contribution in [0.4, 0.5) is 10.5 Å². The van der Waals surface area contributed by atoms with E-state index in [0.717, 1.165) is 27.8 Å². The third-order valence-electron chi connectivity index (χ3n) is 6.19. The number of nitrogens with one attached hydrogen (secondary N) is 2. The summed E-state index contributed by atoms with van der Waals surface area (Å²) < 4.78 is 5.52. The molecule has 7 nitrogen and oxygen atoms in total. The van der Waals surface area contributed by atoms with Crippen LogP contribution in [0.25, 0.3) is 11.1 Å². The predicted octanol–water partition coefficient (Wildman–Crippen LogP) is 4.82. The molecule has 35 heavy (non-hydrogen) atoms. The Kier molecular flexibility index (Phi) is 7.45. The summed E-state index contributed by atoms with van der Waals surface area (Å²) in [5, 5.41) is 14.3. The lowest BCUT2D eigenvalue weighted by atomic mass is 9.98. The standard InChI is InChI=1S/C28H28N2O5/c1-18(27(33)30-20-13-10-19(11-14-20)12-15-26(31)32)16-29-28(34)35-17-25-23-8-4-2-6-21(23)22-7-3-5-9-24(22)25/h2-11,13-14,18,25H,12,15-17H2,1H3,(H,29,34)(H,30,33)(H,31,32). The van der Waals surface area contributed by atoms with E-state index in [1.54, 1.807) is 31.2 Å². The minimum Gasteiger partial charge on any atom is -0.481 e. The molecular weight excluding hydrogens is 444 g/mol. The number of hydrogen-bond donors (Lipinski definition) is 3. The Bertz CT molecular complexity index is 1180. The molecule has 0 radical (unpaired) electrons. The van der Waals surface area contributed by atoms with Crippen LogP contribution < -0.4 is 10.6 Å². The highest BCUT2D eigenvalue weighted by Crippen LogP contribution is 2.44. The van der Waals surface area contributed by atoms with Crippen molar-refractivity contribution >= 4 is 23.7 Å². The largest absolute Gasteiger partial charge is 0.481 e. The van der Waals surface area contributed by atoms with E-state index < -0.39 is 18.0 Å². The zero-order chi connectivity index (χ0) is 24.8.